The normalized spacial score (nSPS) is 23.1. The van der Waals surface area contributed by atoms with Gasteiger partial charge in [0.1, 0.15) is 0 Å². The molecule has 0 spiro atoms. The van der Waals surface area contributed by atoms with Crippen LogP contribution in [0.15, 0.2) is 23.2 Å². The molecule has 5 nitrogen and oxygen atoms in total. The van der Waals surface area contributed by atoms with Crippen molar-refractivity contribution in [3.63, 3.8) is 0 Å². The minimum absolute atomic E-state index is 0.0207. The van der Waals surface area contributed by atoms with Gasteiger partial charge in [-0.3, -0.25) is 9.78 Å². The fraction of sp³-hybridized carbons (Fsp3) is 0.600. The summed E-state index contributed by atoms with van der Waals surface area (Å²) >= 11 is 0. The van der Waals surface area contributed by atoms with Crippen molar-refractivity contribution in [1.82, 2.24) is 9.88 Å². The van der Waals surface area contributed by atoms with Crippen LogP contribution in [0.25, 0.3) is 0 Å². The Morgan fingerprint density at radius 3 is 2.76 bits per heavy atom. The summed E-state index contributed by atoms with van der Waals surface area (Å²) in [7, 11) is -3.29. The number of amides is 1. The molecule has 1 aliphatic carbocycles. The molecule has 1 saturated carbocycles. The predicted octanol–water partition coefficient (Wildman–Crippen LogP) is 1.60. The number of carbonyl (C=O) groups is 1. The molecule has 1 aliphatic heterocycles. The van der Waals surface area contributed by atoms with Gasteiger partial charge in [-0.15, -0.1) is 0 Å². The molecule has 0 N–H and O–H groups in total. The van der Waals surface area contributed by atoms with Crippen molar-refractivity contribution in [2.24, 2.45) is 5.92 Å². The van der Waals surface area contributed by atoms with Crippen LogP contribution in [0.5, 0.6) is 0 Å². The molecule has 1 saturated heterocycles. The number of carbonyl (C=O) groups excluding carboxylic acids is 1. The Morgan fingerprint density at radius 1 is 1.33 bits per heavy atom. The van der Waals surface area contributed by atoms with E-state index >= 15 is 0 Å². The maximum Gasteiger partial charge on any atom is 0.225 e. The third kappa shape index (κ3) is 3.10. The van der Waals surface area contributed by atoms with Gasteiger partial charge in [0.25, 0.3) is 0 Å². The zero-order valence-corrected chi connectivity index (χ0v) is 13.0. The first-order valence-electron chi connectivity index (χ1n) is 7.40. The predicted molar refractivity (Wildman–Crippen MR) is 78.6 cm³/mol. The summed E-state index contributed by atoms with van der Waals surface area (Å²) in [6.45, 7) is 1.38. The van der Waals surface area contributed by atoms with E-state index in [0.717, 1.165) is 32.2 Å². The van der Waals surface area contributed by atoms with E-state index in [4.69, 9.17) is 0 Å². The lowest BCUT2D eigenvalue weighted by molar-refractivity contribution is -0.133. The van der Waals surface area contributed by atoms with Crippen LogP contribution in [-0.4, -0.2) is 43.6 Å². The van der Waals surface area contributed by atoms with Gasteiger partial charge in [-0.1, -0.05) is 0 Å². The largest absolute Gasteiger partial charge is 0.342 e. The van der Waals surface area contributed by atoms with Gasteiger partial charge in [0, 0.05) is 37.4 Å². The maximum atomic E-state index is 12.2. The molecule has 1 amide bonds. The molecule has 0 bridgehead atoms. The molecule has 6 heteroatoms. The Hall–Kier alpha value is -1.43. The zero-order chi connectivity index (χ0) is 15.0. The number of sulfone groups is 1. The Bertz CT molecular complexity index is 653. The van der Waals surface area contributed by atoms with Gasteiger partial charge in [-0.25, -0.2) is 8.42 Å². The van der Waals surface area contributed by atoms with Gasteiger partial charge in [-0.2, -0.15) is 0 Å². The molecule has 3 rings (SSSR count). The van der Waals surface area contributed by atoms with Crippen LogP contribution in [0, 0.1) is 5.92 Å². The van der Waals surface area contributed by atoms with Crippen molar-refractivity contribution in [2.75, 3.05) is 19.3 Å². The molecule has 2 aliphatic rings. The summed E-state index contributed by atoms with van der Waals surface area (Å²) in [5, 5.41) is 0. The summed E-state index contributed by atoms with van der Waals surface area (Å²) < 4.78 is 23.8. The standard InChI is InChI=1S/C15H20N2O3S/c1-21(19,20)13-5-2-8-16-14(13)12-4-3-9-17(10-12)15(18)11-6-7-11/h2,5,8,11-12H,3-4,6-7,9-10H2,1H3. The van der Waals surface area contributed by atoms with Crippen LogP contribution in [0.2, 0.25) is 0 Å². The average molecular weight is 308 g/mol. The molecule has 1 aromatic heterocycles. The van der Waals surface area contributed by atoms with Crippen molar-refractivity contribution >= 4 is 15.7 Å². The van der Waals surface area contributed by atoms with Crippen molar-refractivity contribution < 1.29 is 13.2 Å². The van der Waals surface area contributed by atoms with E-state index in [9.17, 15) is 13.2 Å². The zero-order valence-electron chi connectivity index (χ0n) is 12.2. The van der Waals surface area contributed by atoms with E-state index in [-0.39, 0.29) is 17.7 Å². The molecule has 2 heterocycles. The summed E-state index contributed by atoms with van der Waals surface area (Å²) in [5.41, 5.74) is 0.619. The molecule has 114 valence electrons. The highest BCUT2D eigenvalue weighted by Gasteiger charge is 2.36. The fourth-order valence-electron chi connectivity index (χ4n) is 3.01. The second-order valence-corrected chi connectivity index (χ2v) is 8.04. The summed E-state index contributed by atoms with van der Waals surface area (Å²) in [6.07, 6.45) is 6.63. The average Bonchev–Trinajstić information content (AvgIpc) is 3.30. The van der Waals surface area contributed by atoms with Crippen LogP contribution in [-0.2, 0) is 14.6 Å². The highest BCUT2D eigenvalue weighted by molar-refractivity contribution is 7.90. The second kappa shape index (κ2) is 5.40. The van der Waals surface area contributed by atoms with Crippen molar-refractivity contribution in [1.29, 1.82) is 0 Å². The number of piperidine rings is 1. The first-order valence-corrected chi connectivity index (χ1v) is 9.29. The van der Waals surface area contributed by atoms with E-state index in [1.54, 1.807) is 18.3 Å². The van der Waals surface area contributed by atoms with Gasteiger partial charge < -0.3 is 4.90 Å². The van der Waals surface area contributed by atoms with Crippen LogP contribution in [0.4, 0.5) is 0 Å². The molecule has 1 unspecified atom stereocenters. The summed E-state index contributed by atoms with van der Waals surface area (Å²) in [5.74, 6) is 0.464. The smallest absolute Gasteiger partial charge is 0.225 e. The number of aromatic nitrogens is 1. The monoisotopic (exact) mass is 308 g/mol. The first kappa shape index (κ1) is 14.5. The molecule has 0 aromatic carbocycles. The van der Waals surface area contributed by atoms with E-state index < -0.39 is 9.84 Å². The van der Waals surface area contributed by atoms with Gasteiger partial charge in [0.2, 0.25) is 5.91 Å². The number of rotatable bonds is 3. The van der Waals surface area contributed by atoms with Crippen molar-refractivity contribution in [2.45, 2.75) is 36.5 Å². The lowest BCUT2D eigenvalue weighted by atomic mass is 9.94. The van der Waals surface area contributed by atoms with E-state index in [2.05, 4.69) is 4.98 Å². The third-order valence-corrected chi connectivity index (χ3v) is 5.39. The highest BCUT2D eigenvalue weighted by atomic mass is 32.2. The number of hydrogen-bond acceptors (Lipinski definition) is 4. The number of nitrogens with zero attached hydrogens (tertiary/aromatic N) is 2. The summed E-state index contributed by atoms with van der Waals surface area (Å²) in [6, 6.07) is 3.26. The van der Waals surface area contributed by atoms with E-state index in [1.807, 2.05) is 4.90 Å². The summed E-state index contributed by atoms with van der Waals surface area (Å²) in [4.78, 5) is 18.7. The lowest BCUT2D eigenvalue weighted by Crippen LogP contribution is -2.40. The lowest BCUT2D eigenvalue weighted by Gasteiger charge is -2.33. The molecule has 1 atom stereocenters. The van der Waals surface area contributed by atoms with Crippen LogP contribution >= 0.6 is 0 Å². The number of likely N-dealkylation sites (tertiary alicyclic amines) is 1. The van der Waals surface area contributed by atoms with Gasteiger partial charge in [0.15, 0.2) is 9.84 Å². The Balaban J connectivity index is 1.85. The topological polar surface area (TPSA) is 67.3 Å². The van der Waals surface area contributed by atoms with Crippen LogP contribution in [0.1, 0.15) is 37.3 Å². The molecule has 2 fully saturated rings. The van der Waals surface area contributed by atoms with Crippen molar-refractivity contribution in [3.05, 3.63) is 24.0 Å². The van der Waals surface area contributed by atoms with Gasteiger partial charge in [0.05, 0.1) is 10.6 Å². The van der Waals surface area contributed by atoms with Crippen LogP contribution < -0.4 is 0 Å². The SMILES string of the molecule is CS(=O)(=O)c1cccnc1C1CCCN(C(=O)C2CC2)C1. The number of hydrogen-bond donors (Lipinski definition) is 0. The minimum atomic E-state index is -3.29. The molecule has 1 aromatic rings. The van der Waals surface area contributed by atoms with E-state index in [1.165, 1.54) is 6.26 Å². The Labute approximate surface area is 125 Å². The quantitative estimate of drug-likeness (QED) is 0.850. The Kier molecular flexibility index (Phi) is 3.73. The molecular weight excluding hydrogens is 288 g/mol. The molecule has 0 radical (unpaired) electrons. The number of pyridine rings is 1. The minimum Gasteiger partial charge on any atom is -0.342 e. The fourth-order valence-corrected chi connectivity index (χ4v) is 3.94. The highest BCUT2D eigenvalue weighted by Crippen LogP contribution is 2.35. The van der Waals surface area contributed by atoms with Gasteiger partial charge in [-0.05, 0) is 37.8 Å². The van der Waals surface area contributed by atoms with Crippen LogP contribution in [0.3, 0.4) is 0 Å². The van der Waals surface area contributed by atoms with E-state index in [0.29, 0.717) is 17.1 Å². The first-order chi connectivity index (χ1) is 9.97. The maximum absolute atomic E-state index is 12.2. The molecule has 21 heavy (non-hydrogen) atoms. The molecular formula is C15H20N2O3S. The van der Waals surface area contributed by atoms with Gasteiger partial charge >= 0.3 is 0 Å². The second-order valence-electron chi connectivity index (χ2n) is 6.06. The Morgan fingerprint density at radius 2 is 2.10 bits per heavy atom. The van der Waals surface area contributed by atoms with Crippen molar-refractivity contribution in [3.8, 4) is 0 Å². The third-order valence-electron chi connectivity index (χ3n) is 4.25.